The van der Waals surface area contributed by atoms with E-state index in [4.69, 9.17) is 0 Å². The molecule has 2 heteroatoms. The molecule has 0 aromatic carbocycles. The first-order valence-electron chi connectivity index (χ1n) is 3.96. The molecule has 0 rings (SSSR count). The maximum Gasteiger partial charge on any atom is 0.216 e. The second-order valence-corrected chi connectivity index (χ2v) is 2.41. The van der Waals surface area contributed by atoms with E-state index in [2.05, 4.69) is 19.2 Å². The molecule has 0 spiro atoms. The Hall–Kier alpha value is -0.370. The zero-order valence-electron chi connectivity index (χ0n) is 6.81. The molecule has 1 radical (unpaired) electrons. The standard InChI is InChI=1S/C8H16NO/c1-3-5-8(7-10)9-6-4-2/h8-9H,3-6H2,1-2H3. The van der Waals surface area contributed by atoms with Gasteiger partial charge >= 0.3 is 0 Å². The quantitative estimate of drug-likeness (QED) is 0.605. The summed E-state index contributed by atoms with van der Waals surface area (Å²) >= 11 is 0. The van der Waals surface area contributed by atoms with Crippen molar-refractivity contribution in [2.75, 3.05) is 6.54 Å². The number of nitrogens with one attached hydrogen (secondary N) is 1. The first-order chi connectivity index (χ1) is 4.85. The fourth-order valence-electron chi connectivity index (χ4n) is 0.810. The second kappa shape index (κ2) is 6.75. The molecule has 0 amide bonds. The van der Waals surface area contributed by atoms with Gasteiger partial charge in [-0.15, -0.1) is 0 Å². The highest BCUT2D eigenvalue weighted by Crippen LogP contribution is 1.92. The van der Waals surface area contributed by atoms with Gasteiger partial charge in [-0.25, -0.2) is 0 Å². The summed E-state index contributed by atoms with van der Waals surface area (Å²) < 4.78 is 0. The van der Waals surface area contributed by atoms with E-state index in [9.17, 15) is 4.79 Å². The topological polar surface area (TPSA) is 29.1 Å². The molecule has 0 aliphatic carbocycles. The lowest BCUT2D eigenvalue weighted by Gasteiger charge is -2.08. The van der Waals surface area contributed by atoms with Crippen LogP contribution in [-0.4, -0.2) is 18.9 Å². The number of hydrogen-bond donors (Lipinski definition) is 1. The first kappa shape index (κ1) is 9.63. The van der Waals surface area contributed by atoms with Crippen LogP contribution in [-0.2, 0) is 4.79 Å². The molecule has 1 unspecified atom stereocenters. The van der Waals surface area contributed by atoms with Crippen LogP contribution in [0.5, 0.6) is 0 Å². The van der Waals surface area contributed by atoms with E-state index in [0.29, 0.717) is 0 Å². The van der Waals surface area contributed by atoms with E-state index >= 15 is 0 Å². The molecule has 0 bridgehead atoms. The van der Waals surface area contributed by atoms with Gasteiger partial charge in [0.15, 0.2) is 0 Å². The summed E-state index contributed by atoms with van der Waals surface area (Å²) in [6.45, 7) is 5.07. The largest absolute Gasteiger partial charge is 0.307 e. The van der Waals surface area contributed by atoms with E-state index < -0.39 is 0 Å². The van der Waals surface area contributed by atoms with Crippen molar-refractivity contribution in [1.82, 2.24) is 5.32 Å². The summed E-state index contributed by atoms with van der Waals surface area (Å²) in [4.78, 5) is 10.2. The molecule has 1 N–H and O–H groups in total. The van der Waals surface area contributed by atoms with Crippen LogP contribution in [0.1, 0.15) is 33.1 Å². The molecule has 0 aliphatic rings. The third kappa shape index (κ3) is 4.50. The number of carbonyl (C=O) groups excluding carboxylic acids is 1. The lowest BCUT2D eigenvalue weighted by molar-refractivity contribution is 0.498. The third-order valence-electron chi connectivity index (χ3n) is 1.36. The summed E-state index contributed by atoms with van der Waals surface area (Å²) in [5, 5.41) is 3.10. The minimum atomic E-state index is -0.0371. The van der Waals surface area contributed by atoms with Crippen LogP contribution in [0, 0.1) is 0 Å². The molecule has 10 heavy (non-hydrogen) atoms. The minimum absolute atomic E-state index is 0.0371. The SMILES string of the molecule is CCCNC([C]=O)CCC. The highest BCUT2D eigenvalue weighted by molar-refractivity contribution is 5.58. The molecule has 0 aromatic rings. The van der Waals surface area contributed by atoms with Crippen molar-refractivity contribution in [2.45, 2.75) is 39.2 Å². The van der Waals surface area contributed by atoms with Crippen molar-refractivity contribution in [1.29, 1.82) is 0 Å². The van der Waals surface area contributed by atoms with Crippen LogP contribution < -0.4 is 5.32 Å². The normalized spacial score (nSPS) is 13.0. The summed E-state index contributed by atoms with van der Waals surface area (Å²) in [6, 6.07) is -0.0371. The van der Waals surface area contributed by atoms with Gasteiger partial charge in [0, 0.05) is 0 Å². The van der Waals surface area contributed by atoms with Crippen molar-refractivity contribution < 1.29 is 4.79 Å². The van der Waals surface area contributed by atoms with Gasteiger partial charge < -0.3 is 5.32 Å². The van der Waals surface area contributed by atoms with Gasteiger partial charge in [0.1, 0.15) is 0 Å². The zero-order chi connectivity index (χ0) is 7.82. The van der Waals surface area contributed by atoms with Gasteiger partial charge in [-0.1, -0.05) is 20.3 Å². The van der Waals surface area contributed by atoms with Crippen LogP contribution >= 0.6 is 0 Å². The van der Waals surface area contributed by atoms with Crippen LogP contribution in [0.3, 0.4) is 0 Å². The predicted octanol–water partition coefficient (Wildman–Crippen LogP) is 1.26. The van der Waals surface area contributed by atoms with Gasteiger partial charge in [-0.3, -0.25) is 4.79 Å². The van der Waals surface area contributed by atoms with Gasteiger partial charge in [0.05, 0.1) is 6.04 Å². The second-order valence-electron chi connectivity index (χ2n) is 2.41. The van der Waals surface area contributed by atoms with Gasteiger partial charge in [0.2, 0.25) is 6.29 Å². The molecule has 0 aliphatic heterocycles. The Balaban J connectivity index is 3.29. The summed E-state index contributed by atoms with van der Waals surface area (Å²) in [5.41, 5.74) is 0. The smallest absolute Gasteiger partial charge is 0.216 e. The fourth-order valence-corrected chi connectivity index (χ4v) is 0.810. The Labute approximate surface area is 63.0 Å². The average Bonchev–Trinajstić information content (AvgIpc) is 1.98. The van der Waals surface area contributed by atoms with E-state index in [0.717, 1.165) is 25.8 Å². The fraction of sp³-hybridized carbons (Fsp3) is 0.875. The highest BCUT2D eigenvalue weighted by Gasteiger charge is 2.03. The number of hydrogen-bond acceptors (Lipinski definition) is 2. The lowest BCUT2D eigenvalue weighted by atomic mass is 10.2. The van der Waals surface area contributed by atoms with E-state index in [-0.39, 0.29) is 6.04 Å². The molecule has 2 nitrogen and oxygen atoms in total. The molecule has 0 saturated heterocycles. The Morgan fingerprint density at radius 1 is 1.40 bits per heavy atom. The maximum atomic E-state index is 10.2. The van der Waals surface area contributed by atoms with Crippen molar-refractivity contribution in [2.24, 2.45) is 0 Å². The monoisotopic (exact) mass is 142 g/mol. The van der Waals surface area contributed by atoms with Crippen LogP contribution in [0.25, 0.3) is 0 Å². The zero-order valence-corrected chi connectivity index (χ0v) is 6.81. The van der Waals surface area contributed by atoms with E-state index in [1.807, 2.05) is 6.29 Å². The Morgan fingerprint density at radius 3 is 2.50 bits per heavy atom. The summed E-state index contributed by atoms with van der Waals surface area (Å²) in [7, 11) is 0. The third-order valence-corrected chi connectivity index (χ3v) is 1.36. The van der Waals surface area contributed by atoms with Crippen LogP contribution in [0.4, 0.5) is 0 Å². The lowest BCUT2D eigenvalue weighted by Crippen LogP contribution is -2.30. The van der Waals surface area contributed by atoms with Crippen molar-refractivity contribution >= 4 is 6.29 Å². The van der Waals surface area contributed by atoms with Crippen LogP contribution in [0.15, 0.2) is 0 Å². The molecular formula is C8H16NO. The van der Waals surface area contributed by atoms with Crippen molar-refractivity contribution in [3.63, 3.8) is 0 Å². The Morgan fingerprint density at radius 2 is 2.10 bits per heavy atom. The Bertz CT molecular complexity index is 83.3. The summed E-state index contributed by atoms with van der Waals surface area (Å²) in [6.07, 6.45) is 4.99. The van der Waals surface area contributed by atoms with E-state index in [1.165, 1.54) is 0 Å². The molecular weight excluding hydrogens is 126 g/mol. The van der Waals surface area contributed by atoms with Gasteiger partial charge in [-0.05, 0) is 19.4 Å². The van der Waals surface area contributed by atoms with E-state index in [1.54, 1.807) is 0 Å². The molecule has 0 heterocycles. The molecule has 0 fully saturated rings. The first-order valence-corrected chi connectivity index (χ1v) is 3.96. The molecule has 0 aromatic heterocycles. The molecule has 1 atom stereocenters. The van der Waals surface area contributed by atoms with Crippen molar-refractivity contribution in [3.05, 3.63) is 0 Å². The minimum Gasteiger partial charge on any atom is -0.307 e. The Kier molecular flexibility index (Phi) is 6.50. The maximum absolute atomic E-state index is 10.2. The number of rotatable bonds is 6. The van der Waals surface area contributed by atoms with Crippen molar-refractivity contribution in [3.8, 4) is 0 Å². The summed E-state index contributed by atoms with van der Waals surface area (Å²) in [5.74, 6) is 0. The molecule has 0 saturated carbocycles. The van der Waals surface area contributed by atoms with Crippen LogP contribution in [0.2, 0.25) is 0 Å². The van der Waals surface area contributed by atoms with Gasteiger partial charge in [0.25, 0.3) is 0 Å². The highest BCUT2D eigenvalue weighted by atomic mass is 16.1. The van der Waals surface area contributed by atoms with Gasteiger partial charge in [-0.2, -0.15) is 0 Å². The predicted molar refractivity (Wildman–Crippen MR) is 42.7 cm³/mol. The molecule has 59 valence electrons. The average molecular weight is 142 g/mol.